The SMILES string of the molecule is COc1cc([C@@H]2/C(=C(\O)c3ccc(OCc4cccc(C)c4)cc3)C(=O)C(=O)N2CCN2CCOCC2)ccc1O. The van der Waals surface area contributed by atoms with Crippen molar-refractivity contribution < 1.29 is 34.0 Å². The van der Waals surface area contributed by atoms with Crippen LogP contribution in [-0.2, 0) is 20.9 Å². The van der Waals surface area contributed by atoms with Crippen LogP contribution in [-0.4, -0.2) is 78.2 Å². The molecule has 0 saturated carbocycles. The molecular weight excluding hydrogens is 524 g/mol. The highest BCUT2D eigenvalue weighted by atomic mass is 16.5. The summed E-state index contributed by atoms with van der Waals surface area (Å²) in [6.07, 6.45) is 0. The highest BCUT2D eigenvalue weighted by molar-refractivity contribution is 6.46. The average Bonchev–Trinajstić information content (AvgIpc) is 3.24. The van der Waals surface area contributed by atoms with Gasteiger partial charge in [0.05, 0.1) is 31.9 Å². The molecule has 2 aliphatic rings. The van der Waals surface area contributed by atoms with Crippen molar-refractivity contribution in [2.45, 2.75) is 19.6 Å². The summed E-state index contributed by atoms with van der Waals surface area (Å²) in [5.41, 5.74) is 3.10. The number of hydrogen-bond donors (Lipinski definition) is 2. The summed E-state index contributed by atoms with van der Waals surface area (Å²) < 4.78 is 16.6. The van der Waals surface area contributed by atoms with Crippen molar-refractivity contribution >= 4 is 17.4 Å². The number of rotatable bonds is 9. The van der Waals surface area contributed by atoms with E-state index in [4.69, 9.17) is 14.2 Å². The molecule has 0 spiro atoms. The molecule has 41 heavy (non-hydrogen) atoms. The van der Waals surface area contributed by atoms with Crippen molar-refractivity contribution in [1.29, 1.82) is 0 Å². The number of phenols is 1. The zero-order valence-corrected chi connectivity index (χ0v) is 23.2. The van der Waals surface area contributed by atoms with Gasteiger partial charge in [0.25, 0.3) is 11.7 Å². The van der Waals surface area contributed by atoms with Gasteiger partial charge in [-0.25, -0.2) is 0 Å². The normalized spacial score (nSPS) is 19.0. The first-order valence-electron chi connectivity index (χ1n) is 13.6. The van der Waals surface area contributed by atoms with Crippen molar-refractivity contribution in [3.05, 3.63) is 94.6 Å². The summed E-state index contributed by atoms with van der Waals surface area (Å²) in [6, 6.07) is 18.6. The number of amides is 1. The number of phenolic OH excluding ortho intramolecular Hbond substituents is 1. The Kier molecular flexibility index (Phi) is 8.56. The lowest BCUT2D eigenvalue weighted by Crippen LogP contribution is -2.42. The molecule has 2 N–H and O–H groups in total. The Morgan fingerprint density at radius 1 is 1.00 bits per heavy atom. The fourth-order valence-corrected chi connectivity index (χ4v) is 5.23. The van der Waals surface area contributed by atoms with E-state index in [1.54, 1.807) is 36.4 Å². The Balaban J connectivity index is 1.44. The highest BCUT2D eigenvalue weighted by Crippen LogP contribution is 2.41. The van der Waals surface area contributed by atoms with Crippen molar-refractivity contribution in [1.82, 2.24) is 9.80 Å². The largest absolute Gasteiger partial charge is 0.507 e. The van der Waals surface area contributed by atoms with Crippen LogP contribution in [0.15, 0.2) is 72.3 Å². The summed E-state index contributed by atoms with van der Waals surface area (Å²) in [4.78, 5) is 30.4. The fourth-order valence-electron chi connectivity index (χ4n) is 5.23. The molecule has 3 aromatic rings. The van der Waals surface area contributed by atoms with Crippen LogP contribution in [0.5, 0.6) is 17.2 Å². The molecule has 9 nitrogen and oxygen atoms in total. The van der Waals surface area contributed by atoms with Crippen molar-refractivity contribution in [3.8, 4) is 17.2 Å². The van der Waals surface area contributed by atoms with E-state index in [1.807, 2.05) is 25.1 Å². The zero-order valence-electron chi connectivity index (χ0n) is 23.2. The minimum Gasteiger partial charge on any atom is -0.507 e. The van der Waals surface area contributed by atoms with E-state index in [-0.39, 0.29) is 29.4 Å². The first kappa shape index (κ1) is 28.2. The van der Waals surface area contributed by atoms with E-state index in [9.17, 15) is 19.8 Å². The number of Topliss-reactive ketones (excluding diaryl/α,β-unsaturated/α-hetero) is 1. The number of likely N-dealkylation sites (tertiary alicyclic amines) is 1. The molecule has 2 heterocycles. The number of methoxy groups -OCH3 is 1. The van der Waals surface area contributed by atoms with Crippen molar-refractivity contribution in [2.24, 2.45) is 0 Å². The number of aliphatic hydroxyl groups excluding tert-OH is 1. The molecule has 214 valence electrons. The van der Waals surface area contributed by atoms with Crippen LogP contribution in [0.3, 0.4) is 0 Å². The molecule has 0 unspecified atom stereocenters. The van der Waals surface area contributed by atoms with Gasteiger partial charge in [-0.05, 0) is 54.4 Å². The molecule has 1 amide bonds. The maximum Gasteiger partial charge on any atom is 0.295 e. The Bertz CT molecular complexity index is 1440. The minimum absolute atomic E-state index is 0.0156. The first-order valence-corrected chi connectivity index (χ1v) is 13.6. The van der Waals surface area contributed by atoms with Gasteiger partial charge in [0.2, 0.25) is 0 Å². The van der Waals surface area contributed by atoms with E-state index in [1.165, 1.54) is 18.1 Å². The molecular formula is C32H34N2O7. The third-order valence-electron chi connectivity index (χ3n) is 7.44. The third kappa shape index (κ3) is 6.21. The number of aromatic hydroxyl groups is 1. The summed E-state index contributed by atoms with van der Waals surface area (Å²) in [7, 11) is 1.43. The van der Waals surface area contributed by atoms with Gasteiger partial charge in [-0.15, -0.1) is 0 Å². The predicted octanol–water partition coefficient (Wildman–Crippen LogP) is 4.04. The molecule has 0 bridgehead atoms. The predicted molar refractivity (Wildman–Crippen MR) is 153 cm³/mol. The van der Waals surface area contributed by atoms with Gasteiger partial charge in [0, 0.05) is 31.7 Å². The fraction of sp³-hybridized carbons (Fsp3) is 0.312. The molecule has 1 atom stereocenters. The van der Waals surface area contributed by atoms with Gasteiger partial charge in [0.1, 0.15) is 18.1 Å². The summed E-state index contributed by atoms with van der Waals surface area (Å²) in [5.74, 6) is -0.983. The molecule has 5 rings (SSSR count). The number of ether oxygens (including phenoxy) is 3. The average molecular weight is 559 g/mol. The van der Waals surface area contributed by atoms with Crippen molar-refractivity contribution in [3.63, 3.8) is 0 Å². The molecule has 0 radical (unpaired) electrons. The van der Waals surface area contributed by atoms with Gasteiger partial charge in [0.15, 0.2) is 11.5 Å². The Hall–Kier alpha value is -4.34. The zero-order chi connectivity index (χ0) is 28.9. The Morgan fingerprint density at radius 3 is 2.46 bits per heavy atom. The molecule has 9 heteroatoms. The topological polar surface area (TPSA) is 109 Å². The van der Waals surface area contributed by atoms with E-state index in [0.29, 0.717) is 43.2 Å². The Labute approximate surface area is 239 Å². The highest BCUT2D eigenvalue weighted by Gasteiger charge is 2.46. The number of aryl methyl sites for hydroxylation is 1. The molecule has 2 aliphatic heterocycles. The van der Waals surface area contributed by atoms with Crippen LogP contribution >= 0.6 is 0 Å². The second-order valence-electron chi connectivity index (χ2n) is 10.2. The number of hydrogen-bond acceptors (Lipinski definition) is 8. The quantitative estimate of drug-likeness (QED) is 0.230. The van der Waals surface area contributed by atoms with Gasteiger partial charge in [-0.2, -0.15) is 0 Å². The first-order chi connectivity index (χ1) is 19.9. The van der Waals surface area contributed by atoms with Crippen LogP contribution in [0, 0.1) is 6.92 Å². The second kappa shape index (κ2) is 12.4. The van der Waals surface area contributed by atoms with E-state index in [2.05, 4.69) is 11.0 Å². The van der Waals surface area contributed by atoms with Crippen LogP contribution < -0.4 is 9.47 Å². The van der Waals surface area contributed by atoms with Gasteiger partial charge in [-0.3, -0.25) is 14.5 Å². The molecule has 3 aromatic carbocycles. The van der Waals surface area contributed by atoms with Crippen molar-refractivity contribution in [2.75, 3.05) is 46.5 Å². The number of nitrogens with zero attached hydrogens (tertiary/aromatic N) is 2. The van der Waals surface area contributed by atoms with Crippen LogP contribution in [0.2, 0.25) is 0 Å². The second-order valence-corrected chi connectivity index (χ2v) is 10.2. The number of carbonyl (C=O) groups is 2. The maximum absolute atomic E-state index is 13.4. The minimum atomic E-state index is -0.859. The number of ketones is 1. The summed E-state index contributed by atoms with van der Waals surface area (Å²) in [5, 5.41) is 21.6. The number of benzene rings is 3. The lowest BCUT2D eigenvalue weighted by Gasteiger charge is -2.31. The third-order valence-corrected chi connectivity index (χ3v) is 7.44. The van der Waals surface area contributed by atoms with Crippen LogP contribution in [0.4, 0.5) is 0 Å². The molecule has 0 aromatic heterocycles. The van der Waals surface area contributed by atoms with Gasteiger partial charge >= 0.3 is 0 Å². The standard InChI is InChI=1S/C32H34N2O7/c1-21-4-3-5-22(18-21)20-41-25-9-6-23(7-10-25)30(36)28-29(24-8-11-26(35)27(19-24)39-2)34(32(38)31(28)37)13-12-33-14-16-40-17-15-33/h3-11,18-19,29,35-36H,12-17,20H2,1-2H3/b30-28+/t29-/m1/s1. The number of morpholine rings is 1. The van der Waals surface area contributed by atoms with E-state index in [0.717, 1.165) is 24.2 Å². The van der Waals surface area contributed by atoms with Gasteiger partial charge in [-0.1, -0.05) is 35.9 Å². The molecule has 0 aliphatic carbocycles. The number of carbonyl (C=O) groups excluding carboxylic acids is 2. The lowest BCUT2D eigenvalue weighted by atomic mass is 9.95. The van der Waals surface area contributed by atoms with E-state index >= 15 is 0 Å². The lowest BCUT2D eigenvalue weighted by molar-refractivity contribution is -0.140. The monoisotopic (exact) mass is 558 g/mol. The molecule has 2 saturated heterocycles. The summed E-state index contributed by atoms with van der Waals surface area (Å²) >= 11 is 0. The van der Waals surface area contributed by atoms with Gasteiger partial charge < -0.3 is 29.3 Å². The maximum atomic E-state index is 13.4. The smallest absolute Gasteiger partial charge is 0.295 e. The molecule has 2 fully saturated rings. The van der Waals surface area contributed by atoms with Crippen LogP contribution in [0.1, 0.15) is 28.3 Å². The van der Waals surface area contributed by atoms with Crippen LogP contribution in [0.25, 0.3) is 5.76 Å². The number of aliphatic hydroxyl groups is 1. The Morgan fingerprint density at radius 2 is 1.76 bits per heavy atom. The summed E-state index contributed by atoms with van der Waals surface area (Å²) in [6.45, 7) is 5.94. The van der Waals surface area contributed by atoms with E-state index < -0.39 is 17.7 Å².